The number of nitrogen functional groups attached to an aromatic ring is 1. The Labute approximate surface area is 124 Å². The molecule has 94 valence electrons. The highest BCUT2D eigenvalue weighted by Crippen LogP contribution is 2.30. The van der Waals surface area contributed by atoms with E-state index in [1.54, 1.807) is 18.2 Å². The summed E-state index contributed by atoms with van der Waals surface area (Å²) < 4.78 is 6.47. The number of rotatable bonds is 3. The van der Waals surface area contributed by atoms with Crippen LogP contribution in [-0.4, -0.2) is 0 Å². The number of anilines is 1. The Morgan fingerprint density at radius 2 is 1.94 bits per heavy atom. The fourth-order valence-corrected chi connectivity index (χ4v) is 2.17. The second-order valence-electron chi connectivity index (χ2n) is 3.68. The third-order valence-corrected chi connectivity index (χ3v) is 3.90. The van der Waals surface area contributed by atoms with Crippen molar-refractivity contribution >= 4 is 44.8 Å². The molecule has 2 aromatic carbocycles. The van der Waals surface area contributed by atoms with Gasteiger partial charge in [-0.25, -0.2) is 0 Å². The molecule has 0 heterocycles. The first kappa shape index (κ1) is 13.5. The Balaban J connectivity index is 2.16. The van der Waals surface area contributed by atoms with Gasteiger partial charge in [0.15, 0.2) is 0 Å². The van der Waals surface area contributed by atoms with Crippen molar-refractivity contribution in [1.29, 1.82) is 0 Å². The second-order valence-corrected chi connectivity index (χ2v) is 5.32. The zero-order valence-electron chi connectivity index (χ0n) is 9.29. The lowest BCUT2D eigenvalue weighted by Crippen LogP contribution is -1.99. The van der Waals surface area contributed by atoms with Crippen molar-refractivity contribution in [2.45, 2.75) is 6.61 Å². The number of halogens is 3. The molecular formula is C13H10BrCl2NO. The number of nitrogens with two attached hydrogens (primary N) is 1. The molecule has 2 nitrogen and oxygen atoms in total. The van der Waals surface area contributed by atoms with E-state index in [0.29, 0.717) is 28.1 Å². The largest absolute Gasteiger partial charge is 0.487 e. The molecule has 5 heteroatoms. The summed E-state index contributed by atoms with van der Waals surface area (Å²) in [6, 6.07) is 10.7. The highest BCUT2D eigenvalue weighted by atomic mass is 79.9. The van der Waals surface area contributed by atoms with Crippen molar-refractivity contribution in [2.75, 3.05) is 5.73 Å². The molecule has 0 aromatic heterocycles. The summed E-state index contributed by atoms with van der Waals surface area (Å²) in [5.41, 5.74) is 7.42. The minimum absolute atomic E-state index is 0.367. The van der Waals surface area contributed by atoms with Gasteiger partial charge in [0, 0.05) is 26.8 Å². The second kappa shape index (κ2) is 5.83. The zero-order valence-corrected chi connectivity index (χ0v) is 12.4. The van der Waals surface area contributed by atoms with Crippen LogP contribution in [0.15, 0.2) is 40.9 Å². The number of hydrogen-bond donors (Lipinski definition) is 1. The van der Waals surface area contributed by atoms with E-state index in [-0.39, 0.29) is 0 Å². The van der Waals surface area contributed by atoms with Crippen LogP contribution in [0.2, 0.25) is 10.0 Å². The highest BCUT2D eigenvalue weighted by molar-refractivity contribution is 9.10. The molecule has 0 saturated carbocycles. The summed E-state index contributed by atoms with van der Waals surface area (Å²) in [5.74, 6) is 0.554. The van der Waals surface area contributed by atoms with E-state index < -0.39 is 0 Å². The number of hydrogen-bond acceptors (Lipinski definition) is 2. The fourth-order valence-electron chi connectivity index (χ4n) is 1.45. The Morgan fingerprint density at radius 3 is 2.72 bits per heavy atom. The first-order valence-corrected chi connectivity index (χ1v) is 6.73. The van der Waals surface area contributed by atoms with Gasteiger partial charge in [-0.1, -0.05) is 35.3 Å². The Bertz CT molecular complexity index is 573. The lowest BCUT2D eigenvalue weighted by atomic mass is 10.2. The predicted octanol–water partition coefficient (Wildman–Crippen LogP) is 4.92. The molecule has 0 fully saturated rings. The quantitative estimate of drug-likeness (QED) is 0.801. The predicted molar refractivity (Wildman–Crippen MR) is 79.3 cm³/mol. The third kappa shape index (κ3) is 3.10. The summed E-state index contributed by atoms with van der Waals surface area (Å²) in [4.78, 5) is 0. The molecule has 0 spiro atoms. The van der Waals surface area contributed by atoms with Crippen LogP contribution >= 0.6 is 39.1 Å². The molecule has 0 bridgehead atoms. The standard InChI is InChI=1S/C13H10BrCl2NO/c14-13-8(2-1-3-11(13)17)7-18-12-6-9(15)4-5-10(12)16/h1-6H,7,17H2. The summed E-state index contributed by atoms with van der Waals surface area (Å²) >= 11 is 15.3. The smallest absolute Gasteiger partial charge is 0.139 e. The monoisotopic (exact) mass is 345 g/mol. The first-order chi connectivity index (χ1) is 8.58. The summed E-state index contributed by atoms with van der Waals surface area (Å²) in [5, 5.41) is 1.11. The van der Waals surface area contributed by atoms with E-state index in [0.717, 1.165) is 10.0 Å². The van der Waals surface area contributed by atoms with Crippen LogP contribution in [0.25, 0.3) is 0 Å². The van der Waals surface area contributed by atoms with Gasteiger partial charge in [-0.2, -0.15) is 0 Å². The van der Waals surface area contributed by atoms with E-state index in [2.05, 4.69) is 15.9 Å². The van der Waals surface area contributed by atoms with Crippen LogP contribution in [0.4, 0.5) is 5.69 Å². The van der Waals surface area contributed by atoms with E-state index in [4.69, 9.17) is 33.7 Å². The molecule has 2 rings (SSSR count). The average Bonchev–Trinajstić information content (AvgIpc) is 2.35. The maximum Gasteiger partial charge on any atom is 0.139 e. The molecule has 0 atom stereocenters. The lowest BCUT2D eigenvalue weighted by molar-refractivity contribution is 0.306. The van der Waals surface area contributed by atoms with Crippen molar-refractivity contribution in [3.63, 3.8) is 0 Å². The molecule has 18 heavy (non-hydrogen) atoms. The van der Waals surface area contributed by atoms with E-state index in [1.807, 2.05) is 18.2 Å². The van der Waals surface area contributed by atoms with Crippen molar-refractivity contribution in [1.82, 2.24) is 0 Å². The first-order valence-electron chi connectivity index (χ1n) is 5.18. The molecule has 2 N–H and O–H groups in total. The van der Waals surface area contributed by atoms with Crippen molar-refractivity contribution < 1.29 is 4.74 Å². The molecule has 0 radical (unpaired) electrons. The van der Waals surface area contributed by atoms with Gasteiger partial charge in [-0.3, -0.25) is 0 Å². The third-order valence-electron chi connectivity index (χ3n) is 2.38. The maximum atomic E-state index is 6.01. The van der Waals surface area contributed by atoms with E-state index in [9.17, 15) is 0 Å². The van der Waals surface area contributed by atoms with Crippen LogP contribution in [0.1, 0.15) is 5.56 Å². The van der Waals surface area contributed by atoms with Crippen LogP contribution in [-0.2, 0) is 6.61 Å². The van der Waals surface area contributed by atoms with Gasteiger partial charge < -0.3 is 10.5 Å². The molecule has 0 aliphatic carbocycles. The molecule has 0 aliphatic rings. The normalized spacial score (nSPS) is 10.4. The van der Waals surface area contributed by atoms with Crippen LogP contribution < -0.4 is 10.5 Å². The van der Waals surface area contributed by atoms with E-state index >= 15 is 0 Å². The molecule has 0 aliphatic heterocycles. The number of benzene rings is 2. The molecule has 0 unspecified atom stereocenters. The van der Waals surface area contributed by atoms with Gasteiger partial charge in [0.1, 0.15) is 12.4 Å². The van der Waals surface area contributed by atoms with Gasteiger partial charge in [-0.15, -0.1) is 0 Å². The topological polar surface area (TPSA) is 35.2 Å². The summed E-state index contributed by atoms with van der Waals surface area (Å²) in [7, 11) is 0. The molecule has 0 saturated heterocycles. The molecule has 0 amide bonds. The highest BCUT2D eigenvalue weighted by Gasteiger charge is 2.06. The van der Waals surface area contributed by atoms with Crippen molar-refractivity contribution in [3.8, 4) is 5.75 Å². The number of ether oxygens (including phenoxy) is 1. The van der Waals surface area contributed by atoms with Crippen LogP contribution in [0.5, 0.6) is 5.75 Å². The minimum Gasteiger partial charge on any atom is -0.487 e. The SMILES string of the molecule is Nc1cccc(COc2cc(Cl)ccc2Cl)c1Br. The van der Waals surface area contributed by atoms with Gasteiger partial charge in [0.25, 0.3) is 0 Å². The van der Waals surface area contributed by atoms with E-state index in [1.165, 1.54) is 0 Å². The van der Waals surface area contributed by atoms with Crippen molar-refractivity contribution in [2.24, 2.45) is 0 Å². The van der Waals surface area contributed by atoms with Gasteiger partial charge >= 0.3 is 0 Å². The maximum absolute atomic E-state index is 6.01. The van der Waals surface area contributed by atoms with Crippen LogP contribution in [0, 0.1) is 0 Å². The van der Waals surface area contributed by atoms with Crippen molar-refractivity contribution in [3.05, 3.63) is 56.5 Å². The molecule has 2 aromatic rings. The minimum atomic E-state index is 0.367. The lowest BCUT2D eigenvalue weighted by Gasteiger charge is -2.10. The fraction of sp³-hybridized carbons (Fsp3) is 0.0769. The average molecular weight is 347 g/mol. The summed E-state index contributed by atoms with van der Waals surface area (Å²) in [6.07, 6.45) is 0. The van der Waals surface area contributed by atoms with Gasteiger partial charge in [0.2, 0.25) is 0 Å². The van der Waals surface area contributed by atoms with Gasteiger partial charge in [0.05, 0.1) is 5.02 Å². The van der Waals surface area contributed by atoms with Crippen LogP contribution in [0.3, 0.4) is 0 Å². The summed E-state index contributed by atoms with van der Waals surface area (Å²) in [6.45, 7) is 0.367. The Hall–Kier alpha value is -0.900. The molecular weight excluding hydrogens is 337 g/mol. The zero-order chi connectivity index (χ0) is 13.1. The Morgan fingerprint density at radius 1 is 1.17 bits per heavy atom. The van der Waals surface area contributed by atoms with Gasteiger partial charge in [-0.05, 0) is 34.1 Å². The Kier molecular flexibility index (Phi) is 4.38.